The normalized spacial score (nSPS) is 18.5. The summed E-state index contributed by atoms with van der Waals surface area (Å²) in [6.07, 6.45) is 5.24. The summed E-state index contributed by atoms with van der Waals surface area (Å²) in [5, 5.41) is 7.18. The Morgan fingerprint density at radius 2 is 2.23 bits per heavy atom. The second-order valence-electron chi connectivity index (χ2n) is 6.01. The van der Waals surface area contributed by atoms with Gasteiger partial charge in [-0.2, -0.15) is 5.10 Å². The summed E-state index contributed by atoms with van der Waals surface area (Å²) in [5.74, 6) is 0.531. The first-order chi connectivity index (χ1) is 10.6. The van der Waals surface area contributed by atoms with Gasteiger partial charge >= 0.3 is 0 Å². The number of nitrogens with one attached hydrogen (secondary N) is 1. The Morgan fingerprint density at radius 3 is 2.95 bits per heavy atom. The number of amides is 1. The molecule has 2 heterocycles. The lowest BCUT2D eigenvalue weighted by Gasteiger charge is -2.18. The maximum atomic E-state index is 11.3. The molecule has 1 saturated heterocycles. The second kappa shape index (κ2) is 6.32. The molecule has 5 heteroatoms. The van der Waals surface area contributed by atoms with Crippen molar-refractivity contribution >= 4 is 11.6 Å². The quantitative estimate of drug-likeness (QED) is 0.943. The van der Waals surface area contributed by atoms with E-state index in [-0.39, 0.29) is 5.91 Å². The lowest BCUT2D eigenvalue weighted by Crippen LogP contribution is -2.21. The topological polar surface area (TPSA) is 50.2 Å². The highest BCUT2D eigenvalue weighted by Crippen LogP contribution is 2.28. The van der Waals surface area contributed by atoms with Crippen LogP contribution in [0, 0.1) is 0 Å². The van der Waals surface area contributed by atoms with Crippen molar-refractivity contribution in [2.45, 2.75) is 25.8 Å². The van der Waals surface area contributed by atoms with Crippen LogP contribution in [-0.2, 0) is 18.4 Å². The zero-order valence-electron chi connectivity index (χ0n) is 13.1. The van der Waals surface area contributed by atoms with E-state index in [2.05, 4.69) is 27.6 Å². The molecule has 0 aliphatic carbocycles. The third-order valence-electron chi connectivity index (χ3n) is 4.19. The molecule has 1 unspecified atom stereocenters. The Morgan fingerprint density at radius 1 is 1.41 bits per heavy atom. The van der Waals surface area contributed by atoms with Crippen molar-refractivity contribution in [3.8, 4) is 0 Å². The van der Waals surface area contributed by atoms with E-state index in [1.807, 2.05) is 36.1 Å². The van der Waals surface area contributed by atoms with E-state index in [0.29, 0.717) is 5.92 Å². The largest absolute Gasteiger partial charge is 0.326 e. The number of aryl methyl sites for hydroxylation is 1. The van der Waals surface area contributed by atoms with Crippen molar-refractivity contribution in [2.24, 2.45) is 7.05 Å². The molecule has 2 aromatic rings. The maximum absolute atomic E-state index is 11.3. The minimum absolute atomic E-state index is 0.0258. The second-order valence-corrected chi connectivity index (χ2v) is 6.01. The fourth-order valence-electron chi connectivity index (χ4n) is 3.11. The summed E-state index contributed by atoms with van der Waals surface area (Å²) >= 11 is 0. The molecule has 1 aromatic heterocycles. The van der Waals surface area contributed by atoms with Crippen molar-refractivity contribution in [1.82, 2.24) is 14.7 Å². The molecular formula is C17H22N4O. The van der Waals surface area contributed by atoms with Crippen molar-refractivity contribution < 1.29 is 4.79 Å². The van der Waals surface area contributed by atoms with E-state index >= 15 is 0 Å². The zero-order chi connectivity index (χ0) is 15.5. The van der Waals surface area contributed by atoms with Crippen LogP contribution in [0.5, 0.6) is 0 Å². The Hall–Kier alpha value is -2.14. The number of hydrogen-bond donors (Lipinski definition) is 1. The van der Waals surface area contributed by atoms with E-state index in [0.717, 1.165) is 31.7 Å². The lowest BCUT2D eigenvalue weighted by atomic mass is 10.0. The van der Waals surface area contributed by atoms with Crippen LogP contribution in [0.1, 0.15) is 30.4 Å². The minimum atomic E-state index is -0.0258. The SMILES string of the molecule is CC(=O)Nc1ccccc1CN1CCC(c2cnn(C)c2)C1. The molecule has 1 aromatic carbocycles. The first kappa shape index (κ1) is 14.8. The molecule has 1 fully saturated rings. The molecule has 1 atom stereocenters. The Bertz CT molecular complexity index is 664. The average molecular weight is 298 g/mol. The average Bonchev–Trinajstić information content (AvgIpc) is 3.09. The summed E-state index contributed by atoms with van der Waals surface area (Å²) in [6, 6.07) is 8.03. The molecule has 0 bridgehead atoms. The number of benzene rings is 1. The van der Waals surface area contributed by atoms with Crippen molar-refractivity contribution in [2.75, 3.05) is 18.4 Å². The predicted octanol–water partition coefficient (Wildman–Crippen LogP) is 2.37. The van der Waals surface area contributed by atoms with E-state index in [1.165, 1.54) is 11.1 Å². The summed E-state index contributed by atoms with van der Waals surface area (Å²) in [5.41, 5.74) is 3.41. The van der Waals surface area contributed by atoms with Crippen LogP contribution >= 0.6 is 0 Å². The number of hydrogen-bond acceptors (Lipinski definition) is 3. The number of carbonyl (C=O) groups excluding carboxylic acids is 1. The zero-order valence-corrected chi connectivity index (χ0v) is 13.1. The number of rotatable bonds is 4. The van der Waals surface area contributed by atoms with Gasteiger partial charge < -0.3 is 5.32 Å². The van der Waals surface area contributed by atoms with E-state index in [9.17, 15) is 4.79 Å². The first-order valence-corrected chi connectivity index (χ1v) is 7.68. The van der Waals surface area contributed by atoms with Crippen LogP contribution in [0.15, 0.2) is 36.7 Å². The predicted molar refractivity (Wildman–Crippen MR) is 86.6 cm³/mol. The van der Waals surface area contributed by atoms with Gasteiger partial charge in [0.1, 0.15) is 0 Å². The monoisotopic (exact) mass is 298 g/mol. The molecule has 1 aliphatic rings. The third kappa shape index (κ3) is 3.36. The Kier molecular flexibility index (Phi) is 4.24. The standard InChI is InChI=1S/C17H22N4O/c1-13(22)19-17-6-4-3-5-15(17)12-21-8-7-14(11-21)16-9-18-20(2)10-16/h3-6,9-10,14H,7-8,11-12H2,1-2H3,(H,19,22). The first-order valence-electron chi connectivity index (χ1n) is 7.68. The molecule has 1 N–H and O–H groups in total. The summed E-state index contributed by atoms with van der Waals surface area (Å²) in [4.78, 5) is 13.8. The Labute approximate surface area is 130 Å². The Balaban J connectivity index is 1.66. The number of likely N-dealkylation sites (tertiary alicyclic amines) is 1. The van der Waals surface area contributed by atoms with Crippen LogP contribution in [0.4, 0.5) is 5.69 Å². The van der Waals surface area contributed by atoms with E-state index in [1.54, 1.807) is 6.92 Å². The van der Waals surface area contributed by atoms with Crippen LogP contribution in [0.25, 0.3) is 0 Å². The molecule has 0 radical (unpaired) electrons. The summed E-state index contributed by atoms with van der Waals surface area (Å²) in [6.45, 7) is 4.53. The summed E-state index contributed by atoms with van der Waals surface area (Å²) < 4.78 is 1.87. The molecule has 0 saturated carbocycles. The van der Waals surface area contributed by atoms with Gasteiger partial charge in [-0.05, 0) is 30.2 Å². The third-order valence-corrected chi connectivity index (χ3v) is 4.19. The summed E-state index contributed by atoms with van der Waals surface area (Å²) in [7, 11) is 1.96. The molecular weight excluding hydrogens is 276 g/mol. The van der Waals surface area contributed by atoms with Gasteiger partial charge in [0, 0.05) is 44.9 Å². The van der Waals surface area contributed by atoms with Gasteiger partial charge in [-0.15, -0.1) is 0 Å². The molecule has 22 heavy (non-hydrogen) atoms. The van der Waals surface area contributed by atoms with Crippen molar-refractivity contribution in [1.29, 1.82) is 0 Å². The molecule has 3 rings (SSSR count). The molecule has 116 valence electrons. The highest BCUT2D eigenvalue weighted by molar-refractivity contribution is 5.89. The number of anilines is 1. The molecule has 0 spiro atoms. The molecule has 1 aliphatic heterocycles. The van der Waals surface area contributed by atoms with Gasteiger partial charge in [-0.25, -0.2) is 0 Å². The molecule has 1 amide bonds. The highest BCUT2D eigenvalue weighted by Gasteiger charge is 2.25. The van der Waals surface area contributed by atoms with Crippen LogP contribution in [0.3, 0.4) is 0 Å². The van der Waals surface area contributed by atoms with Crippen molar-refractivity contribution in [3.63, 3.8) is 0 Å². The van der Waals surface area contributed by atoms with Crippen molar-refractivity contribution in [3.05, 3.63) is 47.8 Å². The smallest absolute Gasteiger partial charge is 0.221 e. The molecule has 5 nitrogen and oxygen atoms in total. The van der Waals surface area contributed by atoms with Crippen LogP contribution in [0.2, 0.25) is 0 Å². The fraction of sp³-hybridized carbons (Fsp3) is 0.412. The van der Waals surface area contributed by atoms with Crippen LogP contribution in [-0.4, -0.2) is 33.7 Å². The number of aromatic nitrogens is 2. The van der Waals surface area contributed by atoms with Gasteiger partial charge in [0.05, 0.1) is 6.20 Å². The number of nitrogens with zero attached hydrogens (tertiary/aromatic N) is 3. The van der Waals surface area contributed by atoms with Gasteiger partial charge in [0.2, 0.25) is 5.91 Å². The number of para-hydroxylation sites is 1. The minimum Gasteiger partial charge on any atom is -0.326 e. The number of carbonyl (C=O) groups is 1. The highest BCUT2D eigenvalue weighted by atomic mass is 16.1. The lowest BCUT2D eigenvalue weighted by molar-refractivity contribution is -0.114. The van der Waals surface area contributed by atoms with Gasteiger partial charge in [0.15, 0.2) is 0 Å². The van der Waals surface area contributed by atoms with Gasteiger partial charge in [-0.3, -0.25) is 14.4 Å². The van der Waals surface area contributed by atoms with Gasteiger partial charge in [0.25, 0.3) is 0 Å². The van der Waals surface area contributed by atoms with Gasteiger partial charge in [-0.1, -0.05) is 18.2 Å². The maximum Gasteiger partial charge on any atom is 0.221 e. The van der Waals surface area contributed by atoms with Crippen LogP contribution < -0.4 is 5.32 Å². The fourth-order valence-corrected chi connectivity index (χ4v) is 3.11. The van der Waals surface area contributed by atoms with E-state index < -0.39 is 0 Å². The van der Waals surface area contributed by atoms with E-state index in [4.69, 9.17) is 0 Å².